The monoisotopic (exact) mass is 272 g/mol. The molecule has 0 fully saturated rings. The smallest absolute Gasteiger partial charge is 0.254 e. The molecule has 0 unspecified atom stereocenters. The fourth-order valence-corrected chi connectivity index (χ4v) is 2.04. The number of pyridine rings is 1. The van der Waals surface area contributed by atoms with Gasteiger partial charge in [-0.25, -0.2) is 4.98 Å². The first-order chi connectivity index (χ1) is 9.61. The first-order valence-electron chi connectivity index (χ1n) is 6.57. The third kappa shape index (κ3) is 3.20. The average molecular weight is 272 g/mol. The summed E-state index contributed by atoms with van der Waals surface area (Å²) < 4.78 is 13.1. The third-order valence-electron chi connectivity index (χ3n) is 3.26. The molecule has 1 aromatic carbocycles. The van der Waals surface area contributed by atoms with Crippen LogP contribution in [0.25, 0.3) is 0 Å². The van der Waals surface area contributed by atoms with Crippen LogP contribution in [0.5, 0.6) is 0 Å². The van der Waals surface area contributed by atoms with Gasteiger partial charge in [0.05, 0.1) is 0 Å². The molecule has 104 valence electrons. The Hall–Kier alpha value is -2.23. The van der Waals surface area contributed by atoms with Crippen molar-refractivity contribution in [3.63, 3.8) is 0 Å². The van der Waals surface area contributed by atoms with Crippen LogP contribution in [0.3, 0.4) is 0 Å². The van der Waals surface area contributed by atoms with Crippen molar-refractivity contribution < 1.29 is 9.18 Å². The van der Waals surface area contributed by atoms with Crippen LogP contribution in [-0.2, 0) is 6.54 Å². The van der Waals surface area contributed by atoms with Gasteiger partial charge in [0.1, 0.15) is 0 Å². The molecule has 1 amide bonds. The maximum atomic E-state index is 13.1. The van der Waals surface area contributed by atoms with Crippen LogP contribution >= 0.6 is 0 Å². The van der Waals surface area contributed by atoms with Crippen molar-refractivity contribution in [1.29, 1.82) is 0 Å². The molecular weight excluding hydrogens is 255 g/mol. The maximum Gasteiger partial charge on any atom is 0.254 e. The third-order valence-corrected chi connectivity index (χ3v) is 3.26. The van der Waals surface area contributed by atoms with E-state index in [0.717, 1.165) is 11.1 Å². The summed E-state index contributed by atoms with van der Waals surface area (Å²) in [6.45, 7) is 5.01. The zero-order valence-electron chi connectivity index (χ0n) is 11.6. The summed E-state index contributed by atoms with van der Waals surface area (Å²) in [5.74, 6) is -0.820. The highest BCUT2D eigenvalue weighted by atomic mass is 19.1. The first kappa shape index (κ1) is 14.2. The molecule has 0 saturated heterocycles. The second-order valence-electron chi connectivity index (χ2n) is 4.61. The van der Waals surface area contributed by atoms with E-state index < -0.39 is 5.95 Å². The number of aromatic nitrogens is 1. The van der Waals surface area contributed by atoms with Crippen molar-refractivity contribution >= 4 is 5.91 Å². The van der Waals surface area contributed by atoms with Crippen molar-refractivity contribution in [3.05, 3.63) is 65.2 Å². The molecule has 0 aliphatic carbocycles. The van der Waals surface area contributed by atoms with Crippen LogP contribution in [0.4, 0.5) is 4.39 Å². The van der Waals surface area contributed by atoms with Crippen molar-refractivity contribution in [2.45, 2.75) is 20.4 Å². The predicted molar refractivity (Wildman–Crippen MR) is 75.8 cm³/mol. The predicted octanol–water partition coefficient (Wildman–Crippen LogP) is 3.19. The van der Waals surface area contributed by atoms with E-state index in [-0.39, 0.29) is 5.91 Å². The summed E-state index contributed by atoms with van der Waals surface area (Å²) in [5.41, 5.74) is 2.56. The first-order valence-corrected chi connectivity index (χ1v) is 6.57. The lowest BCUT2D eigenvalue weighted by Gasteiger charge is -2.22. The van der Waals surface area contributed by atoms with Gasteiger partial charge in [0, 0.05) is 30.9 Å². The van der Waals surface area contributed by atoms with Gasteiger partial charge in [0.2, 0.25) is 5.95 Å². The van der Waals surface area contributed by atoms with Crippen molar-refractivity contribution in [3.8, 4) is 0 Å². The van der Waals surface area contributed by atoms with Crippen molar-refractivity contribution in [2.24, 2.45) is 0 Å². The molecule has 20 heavy (non-hydrogen) atoms. The van der Waals surface area contributed by atoms with E-state index >= 15 is 0 Å². The van der Waals surface area contributed by atoms with Gasteiger partial charge in [-0.15, -0.1) is 0 Å². The van der Waals surface area contributed by atoms with Gasteiger partial charge in [0.25, 0.3) is 5.91 Å². The molecular formula is C16H17FN2O. The normalized spacial score (nSPS) is 10.3. The largest absolute Gasteiger partial charge is 0.335 e. The number of hydrogen-bond donors (Lipinski definition) is 0. The number of rotatable bonds is 4. The molecule has 2 rings (SSSR count). The number of carbonyl (C=O) groups excluding carboxylic acids is 1. The Kier molecular flexibility index (Phi) is 4.45. The van der Waals surface area contributed by atoms with Gasteiger partial charge < -0.3 is 4.90 Å². The van der Waals surface area contributed by atoms with Gasteiger partial charge >= 0.3 is 0 Å². The van der Waals surface area contributed by atoms with E-state index in [1.807, 2.05) is 38.1 Å². The molecule has 1 heterocycles. The summed E-state index contributed by atoms with van der Waals surface area (Å²) in [4.78, 5) is 17.5. The second-order valence-corrected chi connectivity index (χ2v) is 4.61. The number of hydrogen-bond acceptors (Lipinski definition) is 2. The molecule has 0 saturated carbocycles. The van der Waals surface area contributed by atoms with E-state index in [1.54, 1.807) is 4.90 Å². The number of benzene rings is 1. The molecule has 2 aromatic rings. The molecule has 0 aliphatic heterocycles. The molecule has 0 atom stereocenters. The Morgan fingerprint density at radius 1 is 1.30 bits per heavy atom. The molecule has 0 N–H and O–H groups in total. The Bertz CT molecular complexity index is 613. The fraction of sp³-hybridized carbons (Fsp3) is 0.250. The number of halogens is 1. The van der Waals surface area contributed by atoms with E-state index in [2.05, 4.69) is 4.98 Å². The quantitative estimate of drug-likeness (QED) is 0.801. The van der Waals surface area contributed by atoms with Gasteiger partial charge in [-0.3, -0.25) is 4.79 Å². The van der Waals surface area contributed by atoms with Gasteiger partial charge in [0.15, 0.2) is 0 Å². The van der Waals surface area contributed by atoms with Gasteiger partial charge in [-0.1, -0.05) is 24.3 Å². The zero-order chi connectivity index (χ0) is 14.5. The lowest BCUT2D eigenvalue weighted by molar-refractivity contribution is 0.0751. The minimum Gasteiger partial charge on any atom is -0.335 e. The molecule has 0 radical (unpaired) electrons. The Labute approximate surface area is 118 Å². The van der Waals surface area contributed by atoms with E-state index in [0.29, 0.717) is 18.7 Å². The fourth-order valence-electron chi connectivity index (χ4n) is 2.04. The highest BCUT2D eigenvalue weighted by Crippen LogP contribution is 2.13. The highest BCUT2D eigenvalue weighted by Gasteiger charge is 2.15. The molecule has 1 aromatic heterocycles. The number of carbonyl (C=O) groups is 1. The SMILES string of the molecule is CCN(Cc1ccccc1C)C(=O)c1ccnc(F)c1. The average Bonchev–Trinajstić information content (AvgIpc) is 2.46. The number of aryl methyl sites for hydroxylation is 1. The molecule has 4 heteroatoms. The van der Waals surface area contributed by atoms with Crippen LogP contribution in [0.15, 0.2) is 42.6 Å². The van der Waals surface area contributed by atoms with E-state index in [9.17, 15) is 9.18 Å². The number of nitrogens with zero attached hydrogens (tertiary/aromatic N) is 2. The van der Waals surface area contributed by atoms with Gasteiger partial charge in [-0.2, -0.15) is 4.39 Å². The minimum atomic E-state index is -0.636. The Morgan fingerprint density at radius 2 is 2.05 bits per heavy atom. The highest BCUT2D eigenvalue weighted by molar-refractivity contribution is 5.94. The van der Waals surface area contributed by atoms with Crippen LogP contribution in [0.2, 0.25) is 0 Å². The lowest BCUT2D eigenvalue weighted by Crippen LogP contribution is -2.30. The Balaban J connectivity index is 2.20. The molecule has 0 spiro atoms. The van der Waals surface area contributed by atoms with Crippen LogP contribution < -0.4 is 0 Å². The lowest BCUT2D eigenvalue weighted by atomic mass is 10.1. The number of amides is 1. The van der Waals surface area contributed by atoms with E-state index in [4.69, 9.17) is 0 Å². The van der Waals surface area contributed by atoms with Crippen LogP contribution in [0, 0.1) is 12.9 Å². The summed E-state index contributed by atoms with van der Waals surface area (Å²) in [7, 11) is 0. The van der Waals surface area contributed by atoms with Crippen LogP contribution in [0.1, 0.15) is 28.4 Å². The topological polar surface area (TPSA) is 33.2 Å². The summed E-state index contributed by atoms with van der Waals surface area (Å²) in [6.07, 6.45) is 1.31. The van der Waals surface area contributed by atoms with Crippen molar-refractivity contribution in [1.82, 2.24) is 9.88 Å². The molecule has 3 nitrogen and oxygen atoms in total. The minimum absolute atomic E-state index is 0.183. The van der Waals surface area contributed by atoms with E-state index in [1.165, 1.54) is 18.3 Å². The van der Waals surface area contributed by atoms with Crippen LogP contribution in [-0.4, -0.2) is 22.3 Å². The summed E-state index contributed by atoms with van der Waals surface area (Å²) in [5, 5.41) is 0. The Morgan fingerprint density at radius 3 is 2.70 bits per heavy atom. The summed E-state index contributed by atoms with van der Waals surface area (Å²) in [6, 6.07) is 10.6. The standard InChI is InChI=1S/C16H17FN2O/c1-3-19(11-14-7-5-4-6-12(14)2)16(20)13-8-9-18-15(17)10-13/h4-10H,3,11H2,1-2H3. The maximum absolute atomic E-state index is 13.1. The zero-order valence-corrected chi connectivity index (χ0v) is 11.6. The second kappa shape index (κ2) is 6.28. The summed E-state index contributed by atoms with van der Waals surface area (Å²) >= 11 is 0. The van der Waals surface area contributed by atoms with Crippen molar-refractivity contribution in [2.75, 3.05) is 6.54 Å². The van der Waals surface area contributed by atoms with Gasteiger partial charge in [-0.05, 0) is 31.0 Å². The molecule has 0 bridgehead atoms. The molecule has 0 aliphatic rings.